The summed E-state index contributed by atoms with van der Waals surface area (Å²) in [5.74, 6) is 0.233. The van der Waals surface area contributed by atoms with Crippen LogP contribution in [0.3, 0.4) is 0 Å². The Balaban J connectivity index is 1.49. The number of thiazole rings is 1. The van der Waals surface area contributed by atoms with Crippen molar-refractivity contribution in [3.05, 3.63) is 52.5 Å². The summed E-state index contributed by atoms with van der Waals surface area (Å²) >= 11 is 1.61. The normalized spacial score (nSPS) is 25.6. The number of carbonyl (C=O) groups excluding carboxylic acids is 1. The van der Waals surface area contributed by atoms with E-state index in [0.717, 1.165) is 31.1 Å². The maximum atomic E-state index is 12.7. The number of rotatable bonds is 4. The first kappa shape index (κ1) is 17.6. The lowest BCUT2D eigenvalue weighted by Crippen LogP contribution is -2.41. The molecule has 0 saturated carbocycles. The zero-order valence-electron chi connectivity index (χ0n) is 15.1. The van der Waals surface area contributed by atoms with Crippen molar-refractivity contribution in [2.45, 2.75) is 25.9 Å². The molecule has 3 heterocycles. The average Bonchev–Trinajstić information content (AvgIpc) is 3.20. The second-order valence-electron chi connectivity index (χ2n) is 7.50. The van der Waals surface area contributed by atoms with E-state index in [9.17, 15) is 4.79 Å². The first-order chi connectivity index (χ1) is 12.7. The molecular weight excluding hydrogens is 346 g/mol. The topological polar surface area (TPSA) is 45.7 Å². The smallest absolute Gasteiger partial charge is 0.223 e. The number of amides is 1. The molecule has 2 aliphatic heterocycles. The van der Waals surface area contributed by atoms with Crippen LogP contribution in [0.1, 0.15) is 29.8 Å². The van der Waals surface area contributed by atoms with Gasteiger partial charge in [-0.25, -0.2) is 0 Å². The van der Waals surface area contributed by atoms with Crippen LogP contribution in [0.15, 0.2) is 42.0 Å². The molecule has 0 unspecified atom stereocenters. The van der Waals surface area contributed by atoms with Crippen LogP contribution >= 0.6 is 11.3 Å². The number of ether oxygens (including phenoxy) is 1. The highest BCUT2D eigenvalue weighted by atomic mass is 32.1. The summed E-state index contributed by atoms with van der Waals surface area (Å²) in [6, 6.07) is 10.9. The number of carbonyl (C=O) groups is 1. The molecule has 2 fully saturated rings. The lowest BCUT2D eigenvalue weighted by atomic mass is 9.86. The van der Waals surface area contributed by atoms with Crippen LogP contribution in [0, 0.1) is 5.41 Å². The molecule has 5 nitrogen and oxygen atoms in total. The summed E-state index contributed by atoms with van der Waals surface area (Å²) in [5, 5.41) is 0. The van der Waals surface area contributed by atoms with Crippen molar-refractivity contribution in [1.82, 2.24) is 14.8 Å². The molecule has 2 aliphatic rings. The predicted octanol–water partition coefficient (Wildman–Crippen LogP) is 2.96. The van der Waals surface area contributed by atoms with Gasteiger partial charge in [0.05, 0.1) is 25.3 Å². The van der Waals surface area contributed by atoms with E-state index in [-0.39, 0.29) is 11.3 Å². The summed E-state index contributed by atoms with van der Waals surface area (Å²) < 4.78 is 5.95. The zero-order valence-corrected chi connectivity index (χ0v) is 16.0. The minimum Gasteiger partial charge on any atom is -0.379 e. The maximum absolute atomic E-state index is 12.7. The lowest BCUT2D eigenvalue weighted by Gasteiger charge is -2.35. The van der Waals surface area contributed by atoms with Crippen molar-refractivity contribution in [1.29, 1.82) is 0 Å². The number of likely N-dealkylation sites (tertiary alicyclic amines) is 1. The van der Waals surface area contributed by atoms with E-state index in [1.54, 1.807) is 11.3 Å². The van der Waals surface area contributed by atoms with Gasteiger partial charge in [-0.05, 0) is 12.5 Å². The van der Waals surface area contributed by atoms with Crippen molar-refractivity contribution < 1.29 is 9.53 Å². The molecule has 2 atom stereocenters. The van der Waals surface area contributed by atoms with E-state index >= 15 is 0 Å². The molecule has 0 aliphatic carbocycles. The maximum Gasteiger partial charge on any atom is 0.223 e. The van der Waals surface area contributed by atoms with Gasteiger partial charge in [-0.15, -0.1) is 11.3 Å². The van der Waals surface area contributed by atoms with Crippen LogP contribution in [0.2, 0.25) is 0 Å². The molecule has 2 saturated heterocycles. The average molecular weight is 372 g/mol. The molecule has 0 radical (unpaired) electrons. The number of benzene rings is 1. The third-order valence-corrected chi connectivity index (χ3v) is 6.30. The van der Waals surface area contributed by atoms with Crippen molar-refractivity contribution in [3.63, 3.8) is 0 Å². The molecule has 6 heteroatoms. The van der Waals surface area contributed by atoms with Crippen LogP contribution in [-0.4, -0.2) is 53.5 Å². The van der Waals surface area contributed by atoms with Gasteiger partial charge in [0.1, 0.15) is 0 Å². The fraction of sp³-hybridized carbons (Fsp3) is 0.500. The Hall–Kier alpha value is -1.76. The van der Waals surface area contributed by atoms with Crippen LogP contribution in [0.5, 0.6) is 0 Å². The fourth-order valence-corrected chi connectivity index (χ4v) is 4.74. The zero-order chi connectivity index (χ0) is 18.0. The molecule has 2 aromatic rings. The van der Waals surface area contributed by atoms with Gasteiger partial charge in [0.25, 0.3) is 0 Å². The molecule has 1 spiro atoms. The summed E-state index contributed by atoms with van der Waals surface area (Å²) in [5.41, 5.74) is 3.03. The highest BCUT2D eigenvalue weighted by Gasteiger charge is 2.46. The van der Waals surface area contributed by atoms with E-state index < -0.39 is 0 Å². The second-order valence-corrected chi connectivity index (χ2v) is 8.47. The number of hydrogen-bond acceptors (Lipinski definition) is 5. The molecule has 4 rings (SSSR count). The summed E-state index contributed by atoms with van der Waals surface area (Å²) in [7, 11) is 0. The van der Waals surface area contributed by atoms with Crippen LogP contribution < -0.4 is 0 Å². The first-order valence-corrected chi connectivity index (χ1v) is 10.1. The first-order valence-electron chi connectivity index (χ1n) is 9.17. The van der Waals surface area contributed by atoms with Gasteiger partial charge >= 0.3 is 0 Å². The largest absolute Gasteiger partial charge is 0.379 e. The summed E-state index contributed by atoms with van der Waals surface area (Å²) in [4.78, 5) is 22.4. The van der Waals surface area contributed by atoms with Gasteiger partial charge < -0.3 is 9.64 Å². The molecule has 1 aromatic carbocycles. The summed E-state index contributed by atoms with van der Waals surface area (Å²) in [6.45, 7) is 6.87. The van der Waals surface area contributed by atoms with E-state index in [1.165, 1.54) is 5.56 Å². The third-order valence-electron chi connectivity index (χ3n) is 5.53. The van der Waals surface area contributed by atoms with E-state index in [4.69, 9.17) is 4.74 Å². The fourth-order valence-electron chi connectivity index (χ4n) is 4.14. The number of nitrogens with zero attached hydrogens (tertiary/aromatic N) is 3. The minimum absolute atomic E-state index is 0.110. The number of aromatic nitrogens is 1. The monoisotopic (exact) mass is 371 g/mol. The quantitative estimate of drug-likeness (QED) is 0.829. The van der Waals surface area contributed by atoms with Gasteiger partial charge in [0.2, 0.25) is 5.91 Å². The van der Waals surface area contributed by atoms with Gasteiger partial charge in [-0.2, -0.15) is 0 Å². The highest BCUT2D eigenvalue weighted by molar-refractivity contribution is 7.09. The van der Waals surface area contributed by atoms with Crippen molar-refractivity contribution in [3.8, 4) is 0 Å². The highest BCUT2D eigenvalue weighted by Crippen LogP contribution is 2.37. The Morgan fingerprint density at radius 3 is 2.92 bits per heavy atom. The van der Waals surface area contributed by atoms with E-state index in [0.29, 0.717) is 25.6 Å². The lowest BCUT2D eigenvalue weighted by molar-refractivity contribution is -0.128. The Morgan fingerprint density at radius 2 is 2.15 bits per heavy atom. The molecule has 1 amide bonds. The van der Waals surface area contributed by atoms with Gasteiger partial charge in [-0.1, -0.05) is 30.3 Å². The third kappa shape index (κ3) is 3.68. The Labute approximate surface area is 158 Å². The summed E-state index contributed by atoms with van der Waals surface area (Å²) in [6.07, 6.45) is 2.43. The van der Waals surface area contributed by atoms with Crippen LogP contribution in [-0.2, 0) is 16.1 Å². The van der Waals surface area contributed by atoms with Gasteiger partial charge in [0.15, 0.2) is 0 Å². The molecule has 26 heavy (non-hydrogen) atoms. The van der Waals surface area contributed by atoms with Gasteiger partial charge in [-0.3, -0.25) is 14.7 Å². The molecular formula is C20H25N3O2S. The Morgan fingerprint density at radius 1 is 1.31 bits per heavy atom. The minimum atomic E-state index is -0.110. The Kier molecular flexibility index (Phi) is 5.07. The second kappa shape index (κ2) is 7.47. The predicted molar refractivity (Wildman–Crippen MR) is 102 cm³/mol. The van der Waals surface area contributed by atoms with E-state index in [2.05, 4.69) is 47.1 Å². The van der Waals surface area contributed by atoms with E-state index in [1.807, 2.05) is 16.6 Å². The standard InChI is InChI=1S/C20H25N3O2S/c1-16(17-5-3-2-4-6-17)22-7-8-25-14-20(12-22)9-19(24)23(13-20)11-18-10-21-15-26-18/h2-6,10,15-16H,7-9,11-14H2,1H3/t16-,20-/m0/s1. The number of hydrogen-bond donors (Lipinski definition) is 0. The Bertz CT molecular complexity index is 737. The molecule has 0 N–H and O–H groups in total. The van der Waals surface area contributed by atoms with Crippen molar-refractivity contribution in [2.24, 2.45) is 5.41 Å². The van der Waals surface area contributed by atoms with Gasteiger partial charge in [0, 0.05) is 48.6 Å². The molecule has 0 bridgehead atoms. The molecule has 138 valence electrons. The SMILES string of the molecule is C[C@@H](c1ccccc1)N1CCOC[C@@]2(CC(=O)N(Cc3cncs3)C2)C1. The van der Waals surface area contributed by atoms with Crippen molar-refractivity contribution >= 4 is 17.2 Å². The van der Waals surface area contributed by atoms with Crippen LogP contribution in [0.4, 0.5) is 0 Å². The van der Waals surface area contributed by atoms with Crippen molar-refractivity contribution in [2.75, 3.05) is 32.8 Å². The molecule has 1 aromatic heterocycles. The van der Waals surface area contributed by atoms with Crippen LogP contribution in [0.25, 0.3) is 0 Å².